The number of likely N-dealkylation sites (tertiary alicyclic amines) is 1. The molecule has 0 amide bonds. The Morgan fingerprint density at radius 1 is 1.29 bits per heavy atom. The van der Waals surface area contributed by atoms with Gasteiger partial charge in [0.05, 0.1) is 18.0 Å². The fourth-order valence-corrected chi connectivity index (χ4v) is 3.38. The molecule has 0 bridgehead atoms. The molecule has 0 saturated carbocycles. The second-order valence-corrected chi connectivity index (χ2v) is 6.86. The van der Waals surface area contributed by atoms with Gasteiger partial charge in [0, 0.05) is 18.0 Å². The van der Waals surface area contributed by atoms with E-state index >= 15 is 0 Å². The van der Waals surface area contributed by atoms with Gasteiger partial charge >= 0.3 is 0 Å². The Bertz CT molecular complexity index is 692. The molecule has 5 heteroatoms. The first-order valence-corrected chi connectivity index (χ1v) is 8.22. The van der Waals surface area contributed by atoms with Crippen molar-refractivity contribution in [1.29, 1.82) is 0 Å². The quantitative estimate of drug-likeness (QED) is 0.682. The van der Waals surface area contributed by atoms with Crippen molar-refractivity contribution < 1.29 is 4.92 Å². The van der Waals surface area contributed by atoms with E-state index in [1.807, 2.05) is 55.5 Å². The van der Waals surface area contributed by atoms with E-state index in [0.717, 1.165) is 12.1 Å². The zero-order valence-electron chi connectivity index (χ0n) is 13.8. The highest BCUT2D eigenvalue weighted by Crippen LogP contribution is 2.30. The van der Waals surface area contributed by atoms with E-state index in [1.54, 1.807) is 0 Å². The summed E-state index contributed by atoms with van der Waals surface area (Å²) in [4.78, 5) is 13.6. The molecular weight excluding hydrogens is 302 g/mol. The second-order valence-electron chi connectivity index (χ2n) is 6.86. The first-order valence-electron chi connectivity index (χ1n) is 8.22. The number of nitrogens with two attached hydrogens (primary N) is 1. The van der Waals surface area contributed by atoms with Crippen molar-refractivity contribution >= 4 is 0 Å². The monoisotopic (exact) mass is 325 g/mol. The molecule has 3 unspecified atom stereocenters. The van der Waals surface area contributed by atoms with Crippen LogP contribution in [0.5, 0.6) is 0 Å². The number of nitro groups is 1. The molecular formula is C19H23N3O2. The Balaban J connectivity index is 1.78. The first kappa shape index (κ1) is 16.6. The molecule has 2 N–H and O–H groups in total. The highest BCUT2D eigenvalue weighted by atomic mass is 16.6. The van der Waals surface area contributed by atoms with Gasteiger partial charge in [0.1, 0.15) is 0 Å². The minimum atomic E-state index is -0.583. The van der Waals surface area contributed by atoms with Crippen LogP contribution in [0.4, 0.5) is 0 Å². The summed E-state index contributed by atoms with van der Waals surface area (Å²) in [7, 11) is 0. The summed E-state index contributed by atoms with van der Waals surface area (Å²) in [6.45, 7) is 3.81. The summed E-state index contributed by atoms with van der Waals surface area (Å²) >= 11 is 0. The van der Waals surface area contributed by atoms with Crippen molar-refractivity contribution in [3.63, 3.8) is 0 Å². The van der Waals surface area contributed by atoms with Crippen molar-refractivity contribution in [3.8, 4) is 0 Å². The first-order chi connectivity index (χ1) is 11.4. The number of hydrogen-bond acceptors (Lipinski definition) is 4. The Hall–Kier alpha value is -2.24. The van der Waals surface area contributed by atoms with Crippen LogP contribution in [0, 0.1) is 16.0 Å². The smallest absolute Gasteiger partial charge is 0.233 e. The minimum absolute atomic E-state index is 0.112. The number of rotatable bonds is 4. The summed E-state index contributed by atoms with van der Waals surface area (Å²) < 4.78 is 0. The lowest BCUT2D eigenvalue weighted by Crippen LogP contribution is -2.31. The summed E-state index contributed by atoms with van der Waals surface area (Å²) in [5, 5.41) is 11.6. The molecule has 1 aromatic carbocycles. The van der Waals surface area contributed by atoms with Crippen molar-refractivity contribution in [2.75, 3.05) is 13.1 Å². The van der Waals surface area contributed by atoms with E-state index in [0.29, 0.717) is 13.1 Å². The molecule has 1 aromatic rings. The third-order valence-corrected chi connectivity index (χ3v) is 4.69. The Morgan fingerprint density at radius 3 is 2.75 bits per heavy atom. The minimum Gasteiger partial charge on any atom is -0.319 e. The van der Waals surface area contributed by atoms with Gasteiger partial charge in [0.2, 0.25) is 6.04 Å². The Morgan fingerprint density at radius 2 is 2.04 bits per heavy atom. The highest BCUT2D eigenvalue weighted by molar-refractivity contribution is 5.36. The van der Waals surface area contributed by atoms with E-state index < -0.39 is 11.6 Å². The lowest BCUT2D eigenvalue weighted by atomic mass is 9.93. The molecule has 0 spiro atoms. The molecule has 5 nitrogen and oxygen atoms in total. The molecule has 24 heavy (non-hydrogen) atoms. The van der Waals surface area contributed by atoms with Crippen molar-refractivity contribution in [1.82, 2.24) is 4.90 Å². The highest BCUT2D eigenvalue weighted by Gasteiger charge is 2.42. The van der Waals surface area contributed by atoms with Crippen LogP contribution in [0.15, 0.2) is 66.3 Å². The van der Waals surface area contributed by atoms with E-state index in [-0.39, 0.29) is 10.8 Å². The van der Waals surface area contributed by atoms with Gasteiger partial charge in [-0.15, -0.1) is 0 Å². The summed E-state index contributed by atoms with van der Waals surface area (Å²) in [5.41, 5.74) is 7.77. The van der Waals surface area contributed by atoms with Gasteiger partial charge in [-0.2, -0.15) is 0 Å². The van der Waals surface area contributed by atoms with Crippen LogP contribution in [-0.2, 0) is 6.54 Å². The standard InChI is InChI=1S/C19H23N3O2/c1-19(20)10-5-8-16(9-11-19)17-13-21(14-18(17)22(23)24)12-15-6-3-2-4-7-15/h2-11,17-18H,12-14,20H2,1H3. The fraction of sp³-hybridized carbons (Fsp3) is 0.368. The number of hydrogen-bond donors (Lipinski definition) is 1. The third-order valence-electron chi connectivity index (χ3n) is 4.69. The zero-order valence-corrected chi connectivity index (χ0v) is 13.8. The molecule has 1 fully saturated rings. The summed E-state index contributed by atoms with van der Waals surface area (Å²) in [6, 6.07) is 9.51. The van der Waals surface area contributed by atoms with Gasteiger partial charge in [-0.3, -0.25) is 15.0 Å². The third kappa shape index (κ3) is 3.80. The van der Waals surface area contributed by atoms with Gasteiger partial charge in [0.15, 0.2) is 0 Å². The molecule has 1 aliphatic carbocycles. The Labute approximate surface area is 142 Å². The van der Waals surface area contributed by atoms with Gasteiger partial charge < -0.3 is 5.73 Å². The van der Waals surface area contributed by atoms with Gasteiger partial charge in [-0.05, 0) is 18.1 Å². The van der Waals surface area contributed by atoms with Gasteiger partial charge in [-0.1, -0.05) is 60.7 Å². The number of benzene rings is 1. The van der Waals surface area contributed by atoms with E-state index in [9.17, 15) is 10.1 Å². The number of nitrogens with zero attached hydrogens (tertiary/aromatic N) is 2. The molecule has 3 atom stereocenters. The maximum atomic E-state index is 11.6. The largest absolute Gasteiger partial charge is 0.319 e. The normalized spacial score (nSPS) is 30.2. The maximum absolute atomic E-state index is 11.6. The zero-order chi connectivity index (χ0) is 17.2. The predicted octanol–water partition coefficient (Wildman–Crippen LogP) is 2.53. The van der Waals surface area contributed by atoms with Crippen LogP contribution >= 0.6 is 0 Å². The predicted molar refractivity (Wildman–Crippen MR) is 94.9 cm³/mol. The molecule has 126 valence electrons. The Kier molecular flexibility index (Phi) is 4.64. The van der Waals surface area contributed by atoms with E-state index in [1.165, 1.54) is 5.56 Å². The van der Waals surface area contributed by atoms with E-state index in [2.05, 4.69) is 17.0 Å². The molecule has 1 heterocycles. The van der Waals surface area contributed by atoms with Crippen LogP contribution in [0.1, 0.15) is 12.5 Å². The second kappa shape index (κ2) is 6.71. The molecule has 2 aliphatic rings. The van der Waals surface area contributed by atoms with Crippen LogP contribution < -0.4 is 5.73 Å². The SMILES string of the molecule is CC1(N)C=CC=C(C2CN(Cc3ccccc3)CC2[N+](=O)[O-])C=C1. The van der Waals surface area contributed by atoms with Crippen LogP contribution in [0.25, 0.3) is 0 Å². The average molecular weight is 325 g/mol. The molecule has 1 saturated heterocycles. The van der Waals surface area contributed by atoms with Crippen LogP contribution in [0.3, 0.4) is 0 Å². The van der Waals surface area contributed by atoms with Gasteiger partial charge in [-0.25, -0.2) is 0 Å². The van der Waals surface area contributed by atoms with Crippen molar-refractivity contribution in [2.45, 2.75) is 25.0 Å². The van der Waals surface area contributed by atoms with Crippen molar-refractivity contribution in [3.05, 3.63) is 82.0 Å². The summed E-state index contributed by atoms with van der Waals surface area (Å²) in [5.74, 6) is -0.112. The molecule has 3 rings (SSSR count). The lowest BCUT2D eigenvalue weighted by molar-refractivity contribution is -0.524. The molecule has 0 aromatic heterocycles. The van der Waals surface area contributed by atoms with Gasteiger partial charge in [0.25, 0.3) is 0 Å². The summed E-state index contributed by atoms with van der Waals surface area (Å²) in [6.07, 6.45) is 9.65. The van der Waals surface area contributed by atoms with Crippen LogP contribution in [0.2, 0.25) is 0 Å². The molecule has 0 radical (unpaired) electrons. The van der Waals surface area contributed by atoms with E-state index in [4.69, 9.17) is 5.73 Å². The number of allylic oxidation sites excluding steroid dienone is 3. The topological polar surface area (TPSA) is 72.4 Å². The van der Waals surface area contributed by atoms with Crippen molar-refractivity contribution in [2.24, 2.45) is 11.7 Å². The van der Waals surface area contributed by atoms with Crippen LogP contribution in [-0.4, -0.2) is 34.5 Å². The lowest BCUT2D eigenvalue weighted by Gasteiger charge is -2.16. The maximum Gasteiger partial charge on any atom is 0.233 e. The fourth-order valence-electron chi connectivity index (χ4n) is 3.38. The molecule has 1 aliphatic heterocycles. The average Bonchev–Trinajstić information content (AvgIpc) is 2.86.